The standard InChI is InChI=1S/C22H24IN3/c1-26-10-8-17(9-11-26)16-3-6-21(7-4-16)25-15-19-14-24-13-18-2-5-20(23)12-22(18)19/h2-7,12,14-15,17,25H,8-11,13H2,1H3/b19-15+. The molecule has 1 saturated heterocycles. The Kier molecular flexibility index (Phi) is 5.41. The number of likely N-dealkylation sites (tertiary alicyclic amines) is 1. The first-order valence-corrected chi connectivity index (χ1v) is 10.3. The Morgan fingerprint density at radius 1 is 1.12 bits per heavy atom. The number of hydrogen-bond acceptors (Lipinski definition) is 3. The van der Waals surface area contributed by atoms with Crippen LogP contribution in [0.3, 0.4) is 0 Å². The van der Waals surface area contributed by atoms with Gasteiger partial charge in [-0.05, 0) is 102 Å². The second-order valence-electron chi connectivity index (χ2n) is 7.21. The predicted molar refractivity (Wildman–Crippen MR) is 119 cm³/mol. The first-order chi connectivity index (χ1) is 12.7. The number of hydrogen-bond donors (Lipinski definition) is 1. The summed E-state index contributed by atoms with van der Waals surface area (Å²) in [5, 5.41) is 3.45. The summed E-state index contributed by atoms with van der Waals surface area (Å²) in [5.74, 6) is 0.707. The van der Waals surface area contributed by atoms with Crippen LogP contribution in [0.4, 0.5) is 5.69 Å². The van der Waals surface area contributed by atoms with Crippen molar-refractivity contribution in [3.63, 3.8) is 0 Å². The second kappa shape index (κ2) is 7.92. The van der Waals surface area contributed by atoms with Gasteiger partial charge in [0.25, 0.3) is 0 Å². The van der Waals surface area contributed by atoms with Crippen LogP contribution >= 0.6 is 22.6 Å². The molecule has 4 heteroatoms. The summed E-state index contributed by atoms with van der Waals surface area (Å²) in [6.45, 7) is 3.18. The maximum atomic E-state index is 4.48. The zero-order chi connectivity index (χ0) is 17.9. The maximum absolute atomic E-state index is 4.48. The van der Waals surface area contributed by atoms with Crippen molar-refractivity contribution in [2.75, 3.05) is 25.5 Å². The van der Waals surface area contributed by atoms with Gasteiger partial charge in [-0.25, -0.2) is 0 Å². The molecule has 0 atom stereocenters. The molecule has 0 bridgehead atoms. The first kappa shape index (κ1) is 17.7. The first-order valence-electron chi connectivity index (χ1n) is 9.23. The molecule has 2 aliphatic rings. The van der Waals surface area contributed by atoms with Gasteiger partial charge in [-0.2, -0.15) is 0 Å². The Morgan fingerprint density at radius 2 is 1.88 bits per heavy atom. The van der Waals surface area contributed by atoms with Crippen molar-refractivity contribution in [2.45, 2.75) is 25.3 Å². The van der Waals surface area contributed by atoms with Gasteiger partial charge >= 0.3 is 0 Å². The van der Waals surface area contributed by atoms with Gasteiger partial charge in [-0.1, -0.05) is 18.2 Å². The van der Waals surface area contributed by atoms with Gasteiger partial charge in [-0.15, -0.1) is 0 Å². The van der Waals surface area contributed by atoms with E-state index in [-0.39, 0.29) is 0 Å². The van der Waals surface area contributed by atoms with E-state index in [0.29, 0.717) is 5.92 Å². The molecule has 0 unspecified atom stereocenters. The molecular weight excluding hydrogens is 433 g/mol. The van der Waals surface area contributed by atoms with Crippen molar-refractivity contribution in [3.8, 4) is 0 Å². The van der Waals surface area contributed by atoms with Gasteiger partial charge in [-0.3, -0.25) is 4.99 Å². The van der Waals surface area contributed by atoms with E-state index in [9.17, 15) is 0 Å². The van der Waals surface area contributed by atoms with E-state index in [1.54, 1.807) is 0 Å². The summed E-state index contributed by atoms with van der Waals surface area (Å²) >= 11 is 2.37. The van der Waals surface area contributed by atoms with Crippen LogP contribution in [0.25, 0.3) is 5.57 Å². The summed E-state index contributed by atoms with van der Waals surface area (Å²) in [4.78, 5) is 6.90. The summed E-state index contributed by atoms with van der Waals surface area (Å²) in [6.07, 6.45) is 6.57. The summed E-state index contributed by atoms with van der Waals surface area (Å²) < 4.78 is 1.25. The Bertz CT molecular complexity index is 831. The van der Waals surface area contributed by atoms with Crippen LogP contribution < -0.4 is 5.32 Å². The molecular formula is C22H24IN3. The predicted octanol–water partition coefficient (Wildman–Crippen LogP) is 5.14. The van der Waals surface area contributed by atoms with Crippen LogP contribution in [-0.4, -0.2) is 31.3 Å². The molecule has 0 radical (unpaired) electrons. The molecule has 3 nitrogen and oxygen atoms in total. The van der Waals surface area contributed by atoms with Crippen LogP contribution in [0.5, 0.6) is 0 Å². The molecule has 2 heterocycles. The van der Waals surface area contributed by atoms with Crippen LogP contribution in [0.2, 0.25) is 0 Å². The molecule has 0 saturated carbocycles. The number of rotatable bonds is 3. The number of aliphatic imine (C=N–C) groups is 1. The van der Waals surface area contributed by atoms with E-state index in [2.05, 4.69) is 93.5 Å². The second-order valence-corrected chi connectivity index (χ2v) is 8.46. The SMILES string of the molecule is CN1CCC(c2ccc(N/C=C3\C=NCc4ccc(I)cc43)cc2)CC1. The minimum absolute atomic E-state index is 0.707. The monoisotopic (exact) mass is 457 g/mol. The summed E-state index contributed by atoms with van der Waals surface area (Å²) in [7, 11) is 2.21. The molecule has 1 fully saturated rings. The lowest BCUT2D eigenvalue weighted by Crippen LogP contribution is -2.29. The topological polar surface area (TPSA) is 27.6 Å². The highest BCUT2D eigenvalue weighted by molar-refractivity contribution is 14.1. The highest BCUT2D eigenvalue weighted by atomic mass is 127. The molecule has 26 heavy (non-hydrogen) atoms. The van der Waals surface area contributed by atoms with Gasteiger partial charge in [0.15, 0.2) is 0 Å². The summed E-state index contributed by atoms with van der Waals surface area (Å²) in [5.41, 5.74) is 6.31. The van der Waals surface area contributed by atoms with Crippen LogP contribution in [0.15, 0.2) is 53.7 Å². The van der Waals surface area contributed by atoms with Gasteiger partial charge < -0.3 is 10.2 Å². The number of anilines is 1. The highest BCUT2D eigenvalue weighted by Gasteiger charge is 2.18. The van der Waals surface area contributed by atoms with E-state index in [1.807, 2.05) is 6.21 Å². The van der Waals surface area contributed by atoms with E-state index >= 15 is 0 Å². The van der Waals surface area contributed by atoms with E-state index < -0.39 is 0 Å². The average molecular weight is 457 g/mol. The van der Waals surface area contributed by atoms with Crippen molar-refractivity contribution >= 4 is 40.1 Å². The lowest BCUT2D eigenvalue weighted by molar-refractivity contribution is 0.255. The molecule has 2 aromatic rings. The number of piperidine rings is 1. The number of benzene rings is 2. The Morgan fingerprint density at radius 3 is 2.65 bits per heavy atom. The third-order valence-electron chi connectivity index (χ3n) is 5.37. The van der Waals surface area contributed by atoms with Gasteiger partial charge in [0.2, 0.25) is 0 Å². The van der Waals surface area contributed by atoms with E-state index in [1.165, 1.54) is 46.2 Å². The summed E-state index contributed by atoms with van der Waals surface area (Å²) in [6, 6.07) is 15.5. The molecule has 0 amide bonds. The highest BCUT2D eigenvalue weighted by Crippen LogP contribution is 2.29. The van der Waals surface area contributed by atoms with Gasteiger partial charge in [0.05, 0.1) is 6.54 Å². The Labute approximate surface area is 169 Å². The number of allylic oxidation sites excluding steroid dienone is 1. The van der Waals surface area contributed by atoms with Crippen LogP contribution in [-0.2, 0) is 6.54 Å². The number of halogens is 1. The lowest BCUT2D eigenvalue weighted by Gasteiger charge is -2.29. The molecule has 0 aromatic heterocycles. The van der Waals surface area contributed by atoms with Crippen molar-refractivity contribution < 1.29 is 0 Å². The smallest absolute Gasteiger partial charge is 0.0646 e. The van der Waals surface area contributed by atoms with Crippen molar-refractivity contribution in [1.29, 1.82) is 0 Å². The molecule has 1 N–H and O–H groups in total. The third-order valence-corrected chi connectivity index (χ3v) is 6.04. The Balaban J connectivity index is 1.47. The molecule has 134 valence electrons. The zero-order valence-electron chi connectivity index (χ0n) is 15.1. The third kappa shape index (κ3) is 4.01. The fraction of sp³-hybridized carbons (Fsp3) is 0.318. The van der Waals surface area contributed by atoms with Crippen LogP contribution in [0.1, 0.15) is 35.4 Å². The van der Waals surface area contributed by atoms with Gasteiger partial charge in [0, 0.05) is 27.2 Å². The molecule has 0 spiro atoms. The number of fused-ring (bicyclic) bond motifs is 1. The van der Waals surface area contributed by atoms with Crippen molar-refractivity contribution in [2.24, 2.45) is 4.99 Å². The average Bonchev–Trinajstić information content (AvgIpc) is 2.67. The van der Waals surface area contributed by atoms with Crippen molar-refractivity contribution in [3.05, 3.63) is 68.9 Å². The molecule has 4 rings (SSSR count). The van der Waals surface area contributed by atoms with Crippen LogP contribution in [0, 0.1) is 3.57 Å². The minimum atomic E-state index is 0.707. The Hall–Kier alpha value is -1.66. The normalized spacial score (nSPS) is 19.5. The van der Waals surface area contributed by atoms with E-state index in [0.717, 1.165) is 17.8 Å². The molecule has 0 aliphatic carbocycles. The fourth-order valence-electron chi connectivity index (χ4n) is 3.74. The molecule has 2 aromatic carbocycles. The lowest BCUT2D eigenvalue weighted by atomic mass is 9.89. The number of nitrogens with zero attached hydrogens (tertiary/aromatic N) is 2. The van der Waals surface area contributed by atoms with Crippen molar-refractivity contribution in [1.82, 2.24) is 4.90 Å². The minimum Gasteiger partial charge on any atom is -0.361 e. The van der Waals surface area contributed by atoms with Gasteiger partial charge in [0.1, 0.15) is 0 Å². The van der Waals surface area contributed by atoms with E-state index in [4.69, 9.17) is 0 Å². The molecule has 2 aliphatic heterocycles. The quantitative estimate of drug-likeness (QED) is 0.647. The maximum Gasteiger partial charge on any atom is 0.0646 e. The fourth-order valence-corrected chi connectivity index (χ4v) is 4.23. The largest absolute Gasteiger partial charge is 0.361 e. The number of nitrogens with one attached hydrogen (secondary N) is 1. The zero-order valence-corrected chi connectivity index (χ0v) is 17.2.